The molecular weight excluding hydrogens is 116 g/mol. The first-order chi connectivity index (χ1) is 4.47. The maximum atomic E-state index is 4.71. The largest absolute Gasteiger partial charge is 0.337 e. The molecular formula is C6H2N2O. The van der Waals surface area contributed by atoms with E-state index in [1.54, 1.807) is 12.1 Å². The van der Waals surface area contributed by atoms with Crippen LogP contribution < -0.4 is 0 Å². The van der Waals surface area contributed by atoms with Gasteiger partial charge in [0.15, 0.2) is 5.58 Å². The molecule has 9 heavy (non-hydrogen) atoms. The van der Waals surface area contributed by atoms with Crippen molar-refractivity contribution in [1.82, 2.24) is 10.4 Å². The molecule has 0 fully saturated rings. The van der Waals surface area contributed by atoms with Gasteiger partial charge in [-0.15, -0.1) is 5.10 Å². The van der Waals surface area contributed by atoms with Gasteiger partial charge < -0.3 is 4.52 Å². The number of aromatic nitrogens is 2. The van der Waals surface area contributed by atoms with Crippen LogP contribution in [0, 0.1) is 12.1 Å². The molecule has 3 nitrogen and oxygen atoms in total. The highest BCUT2D eigenvalue weighted by molar-refractivity contribution is 5.69. The molecule has 1 aromatic carbocycles. The Morgan fingerprint density at radius 1 is 1.56 bits per heavy atom. The normalized spacial score (nSPS) is 10.2. The van der Waals surface area contributed by atoms with E-state index in [-0.39, 0.29) is 0 Å². The van der Waals surface area contributed by atoms with Crippen molar-refractivity contribution in [2.45, 2.75) is 0 Å². The Hall–Kier alpha value is -1.38. The second-order valence-electron chi connectivity index (χ2n) is 1.59. The van der Waals surface area contributed by atoms with E-state index in [1.165, 1.54) is 0 Å². The molecule has 0 aliphatic carbocycles. The standard InChI is InChI=1S/C6H2N2O/c1-2-4-6-5(3-1)7-8-9-6/h2,4H. The van der Waals surface area contributed by atoms with Crippen molar-refractivity contribution in [3.05, 3.63) is 24.3 Å². The summed E-state index contributed by atoms with van der Waals surface area (Å²) in [6, 6.07) is 8.92. The molecule has 42 valence electrons. The third kappa shape index (κ3) is 0.579. The quantitative estimate of drug-likeness (QED) is 0.514. The fourth-order valence-electron chi connectivity index (χ4n) is 0.621. The number of nitrogens with zero attached hydrogens (tertiary/aromatic N) is 2. The van der Waals surface area contributed by atoms with Gasteiger partial charge in [-0.3, -0.25) is 0 Å². The van der Waals surface area contributed by atoms with Gasteiger partial charge in [0.2, 0.25) is 0 Å². The number of benzene rings is 1. The molecule has 0 saturated carbocycles. The summed E-state index contributed by atoms with van der Waals surface area (Å²) in [4.78, 5) is 0. The molecule has 1 heterocycles. The van der Waals surface area contributed by atoms with Crippen molar-refractivity contribution >= 4 is 11.1 Å². The van der Waals surface area contributed by atoms with Gasteiger partial charge >= 0.3 is 0 Å². The van der Waals surface area contributed by atoms with Crippen LogP contribution in [0.4, 0.5) is 0 Å². The van der Waals surface area contributed by atoms with Crippen molar-refractivity contribution in [2.24, 2.45) is 0 Å². The molecule has 0 N–H and O–H groups in total. The predicted octanol–water partition coefficient (Wildman–Crippen LogP) is 0.823. The minimum absolute atomic E-state index is 0.623. The Bertz CT molecular complexity index is 285. The molecule has 2 rings (SSSR count). The maximum absolute atomic E-state index is 4.71. The summed E-state index contributed by atoms with van der Waals surface area (Å²) in [5.41, 5.74) is 1.27. The second-order valence-corrected chi connectivity index (χ2v) is 1.59. The van der Waals surface area contributed by atoms with Gasteiger partial charge in [0.25, 0.3) is 0 Å². The molecule has 0 aliphatic rings. The summed E-state index contributed by atoms with van der Waals surface area (Å²) in [7, 11) is 0. The lowest BCUT2D eigenvalue weighted by Gasteiger charge is -1.75. The van der Waals surface area contributed by atoms with Crippen LogP contribution in [0.2, 0.25) is 0 Å². The summed E-state index contributed by atoms with van der Waals surface area (Å²) < 4.78 is 4.71. The van der Waals surface area contributed by atoms with Crippen LogP contribution in [-0.4, -0.2) is 10.4 Å². The maximum Gasteiger partial charge on any atom is 0.188 e. The molecule has 0 atom stereocenters. The highest BCUT2D eigenvalue weighted by Crippen LogP contribution is 2.05. The molecule has 3 heteroatoms. The Labute approximate surface area is 51.3 Å². The zero-order valence-electron chi connectivity index (χ0n) is 4.46. The Balaban J connectivity index is 2.95. The molecule has 0 saturated heterocycles. The van der Waals surface area contributed by atoms with Gasteiger partial charge in [-0.2, -0.15) is 0 Å². The molecule has 1 aromatic heterocycles. The van der Waals surface area contributed by atoms with Gasteiger partial charge in [0.1, 0.15) is 5.52 Å². The molecule has 0 spiro atoms. The van der Waals surface area contributed by atoms with E-state index in [1.807, 2.05) is 0 Å². The lowest BCUT2D eigenvalue weighted by molar-refractivity contribution is 0.424. The van der Waals surface area contributed by atoms with E-state index in [0.29, 0.717) is 11.1 Å². The minimum Gasteiger partial charge on any atom is -0.337 e. The lowest BCUT2D eigenvalue weighted by Crippen LogP contribution is -1.65. The summed E-state index contributed by atoms with van der Waals surface area (Å²) in [6.07, 6.45) is 0. The van der Waals surface area contributed by atoms with Gasteiger partial charge in [0.05, 0.1) is 0 Å². The first-order valence-corrected chi connectivity index (χ1v) is 2.47. The SMILES string of the molecule is [c]1[c]c2nnoc2cc1. The van der Waals surface area contributed by atoms with Gasteiger partial charge in [0, 0.05) is 11.3 Å². The average molecular weight is 118 g/mol. The molecule has 0 amide bonds. The van der Waals surface area contributed by atoms with E-state index < -0.39 is 0 Å². The Kier molecular flexibility index (Phi) is 0.773. The van der Waals surface area contributed by atoms with Crippen molar-refractivity contribution in [1.29, 1.82) is 0 Å². The predicted molar refractivity (Wildman–Crippen MR) is 29.5 cm³/mol. The van der Waals surface area contributed by atoms with Crippen molar-refractivity contribution in [3.8, 4) is 0 Å². The summed E-state index contributed by atoms with van der Waals surface area (Å²) in [5, 5.41) is 6.94. The zero-order valence-corrected chi connectivity index (χ0v) is 4.46. The van der Waals surface area contributed by atoms with Crippen molar-refractivity contribution < 1.29 is 4.52 Å². The number of hydrogen-bond acceptors (Lipinski definition) is 3. The highest BCUT2D eigenvalue weighted by Gasteiger charge is 1.94. The lowest BCUT2D eigenvalue weighted by atomic mass is 10.3. The van der Waals surface area contributed by atoms with Crippen LogP contribution >= 0.6 is 0 Å². The first kappa shape index (κ1) is 4.49. The van der Waals surface area contributed by atoms with Crippen LogP contribution in [0.15, 0.2) is 16.7 Å². The van der Waals surface area contributed by atoms with E-state index in [9.17, 15) is 0 Å². The third-order valence-corrected chi connectivity index (χ3v) is 1.02. The van der Waals surface area contributed by atoms with E-state index in [4.69, 9.17) is 4.52 Å². The molecule has 2 aromatic rings. The van der Waals surface area contributed by atoms with E-state index in [0.717, 1.165) is 0 Å². The molecule has 0 aliphatic heterocycles. The van der Waals surface area contributed by atoms with Gasteiger partial charge in [-0.1, -0.05) is 0 Å². The average Bonchev–Trinajstić information content (AvgIpc) is 2.33. The topological polar surface area (TPSA) is 38.9 Å². The van der Waals surface area contributed by atoms with Crippen LogP contribution in [-0.2, 0) is 0 Å². The van der Waals surface area contributed by atoms with E-state index in [2.05, 4.69) is 22.5 Å². The summed E-state index contributed by atoms with van der Waals surface area (Å²) in [5.74, 6) is 0. The molecule has 0 bridgehead atoms. The summed E-state index contributed by atoms with van der Waals surface area (Å²) in [6.45, 7) is 0. The van der Waals surface area contributed by atoms with Crippen LogP contribution in [0.1, 0.15) is 0 Å². The minimum atomic E-state index is 0.623. The number of hydrogen-bond donors (Lipinski definition) is 0. The molecule has 2 radical (unpaired) electrons. The van der Waals surface area contributed by atoms with Crippen LogP contribution in [0.25, 0.3) is 11.1 Å². The molecule has 0 unspecified atom stereocenters. The van der Waals surface area contributed by atoms with Crippen molar-refractivity contribution in [3.63, 3.8) is 0 Å². The van der Waals surface area contributed by atoms with Gasteiger partial charge in [-0.05, 0) is 18.2 Å². The fraction of sp³-hybridized carbons (Fsp3) is 0. The zero-order chi connectivity index (χ0) is 6.10. The first-order valence-electron chi connectivity index (χ1n) is 2.47. The van der Waals surface area contributed by atoms with Gasteiger partial charge in [-0.25, -0.2) is 0 Å². The van der Waals surface area contributed by atoms with E-state index >= 15 is 0 Å². The second kappa shape index (κ2) is 1.55. The van der Waals surface area contributed by atoms with Crippen LogP contribution in [0.5, 0.6) is 0 Å². The smallest absolute Gasteiger partial charge is 0.188 e. The van der Waals surface area contributed by atoms with Crippen molar-refractivity contribution in [2.75, 3.05) is 0 Å². The van der Waals surface area contributed by atoms with Crippen LogP contribution in [0.3, 0.4) is 0 Å². The monoisotopic (exact) mass is 118 g/mol. The Morgan fingerprint density at radius 2 is 2.56 bits per heavy atom. The number of fused-ring (bicyclic) bond motifs is 1. The fourth-order valence-corrected chi connectivity index (χ4v) is 0.621. The Morgan fingerprint density at radius 3 is 3.44 bits per heavy atom. The number of rotatable bonds is 0. The highest BCUT2D eigenvalue weighted by atomic mass is 16.5. The third-order valence-electron chi connectivity index (χ3n) is 1.02. The summed E-state index contributed by atoms with van der Waals surface area (Å²) >= 11 is 0.